The first kappa shape index (κ1) is 15.9. The van der Waals surface area contributed by atoms with Crippen LogP contribution in [0, 0.1) is 6.92 Å². The normalized spacial score (nSPS) is 13.0. The Morgan fingerprint density at radius 2 is 1.46 bits per heavy atom. The van der Waals surface area contributed by atoms with E-state index in [0.29, 0.717) is 33.6 Å². The van der Waals surface area contributed by atoms with Gasteiger partial charge < -0.3 is 5.11 Å². The van der Waals surface area contributed by atoms with E-state index in [4.69, 9.17) is 0 Å². The van der Waals surface area contributed by atoms with Crippen LogP contribution in [0.1, 0.15) is 37.4 Å². The molecule has 0 aromatic heterocycles. The highest BCUT2D eigenvalue weighted by molar-refractivity contribution is 6.29. The van der Waals surface area contributed by atoms with E-state index in [-0.39, 0.29) is 22.9 Å². The number of carbonyl (C=O) groups is 2. The third kappa shape index (κ3) is 2.50. The van der Waals surface area contributed by atoms with E-state index < -0.39 is 0 Å². The van der Waals surface area contributed by atoms with Gasteiger partial charge in [0, 0.05) is 16.7 Å². The van der Waals surface area contributed by atoms with Gasteiger partial charge in [0.1, 0.15) is 5.75 Å². The number of rotatable bonds is 2. The third-order valence-electron chi connectivity index (χ3n) is 4.38. The molecule has 0 unspecified atom stereocenters. The molecule has 0 saturated carbocycles. The number of hydrogen-bond donors (Lipinski definition) is 1. The molecule has 0 aliphatic heterocycles. The lowest BCUT2D eigenvalue weighted by Crippen LogP contribution is -2.20. The van der Waals surface area contributed by atoms with E-state index in [1.54, 1.807) is 61.5 Å². The van der Waals surface area contributed by atoms with E-state index >= 15 is 0 Å². The number of aryl methyl sites for hydroxylation is 1. The van der Waals surface area contributed by atoms with E-state index in [1.165, 1.54) is 6.07 Å². The lowest BCUT2D eigenvalue weighted by Gasteiger charge is -2.18. The van der Waals surface area contributed by atoms with Gasteiger partial charge in [0.2, 0.25) is 0 Å². The molecule has 0 heterocycles. The van der Waals surface area contributed by atoms with Crippen LogP contribution in [-0.4, -0.2) is 16.7 Å². The maximum Gasteiger partial charge on any atom is 0.196 e. The molecule has 1 aliphatic rings. The molecular formula is C21H14N2O3. The fourth-order valence-electron chi connectivity index (χ4n) is 3.02. The Bertz CT molecular complexity index is 1100. The van der Waals surface area contributed by atoms with Gasteiger partial charge in [0.25, 0.3) is 0 Å². The molecule has 3 aromatic carbocycles. The van der Waals surface area contributed by atoms with Crippen molar-refractivity contribution in [2.75, 3.05) is 0 Å². The van der Waals surface area contributed by atoms with Crippen LogP contribution >= 0.6 is 0 Å². The highest BCUT2D eigenvalue weighted by atomic mass is 16.3. The van der Waals surface area contributed by atoms with Crippen LogP contribution in [0.15, 0.2) is 70.9 Å². The lowest BCUT2D eigenvalue weighted by atomic mass is 9.83. The molecule has 0 amide bonds. The Labute approximate surface area is 149 Å². The minimum absolute atomic E-state index is 0.179. The number of nitrogens with zero attached hydrogens (tertiary/aromatic N) is 2. The SMILES string of the molecule is Cc1cc(N=Nc2cccc3c2C(=O)c2ccccc2C3=O)ccc1O. The molecular weight excluding hydrogens is 328 g/mol. The van der Waals surface area contributed by atoms with Crippen molar-refractivity contribution < 1.29 is 14.7 Å². The average molecular weight is 342 g/mol. The first-order valence-electron chi connectivity index (χ1n) is 8.09. The zero-order valence-electron chi connectivity index (χ0n) is 13.9. The summed E-state index contributed by atoms with van der Waals surface area (Å²) in [6, 6.07) is 16.6. The van der Waals surface area contributed by atoms with Crippen LogP contribution in [0.25, 0.3) is 0 Å². The summed E-state index contributed by atoms with van der Waals surface area (Å²) in [4.78, 5) is 25.6. The van der Waals surface area contributed by atoms with Gasteiger partial charge in [0.05, 0.1) is 16.9 Å². The van der Waals surface area contributed by atoms with Crippen molar-refractivity contribution in [1.82, 2.24) is 0 Å². The smallest absolute Gasteiger partial charge is 0.196 e. The number of hydrogen-bond acceptors (Lipinski definition) is 5. The summed E-state index contributed by atoms with van der Waals surface area (Å²) in [5.41, 5.74) is 2.98. The number of fused-ring (bicyclic) bond motifs is 2. The Kier molecular flexibility index (Phi) is 3.69. The maximum atomic E-state index is 12.9. The van der Waals surface area contributed by atoms with Crippen molar-refractivity contribution in [2.45, 2.75) is 6.92 Å². The zero-order chi connectivity index (χ0) is 18.3. The summed E-state index contributed by atoms with van der Waals surface area (Å²) >= 11 is 0. The summed E-state index contributed by atoms with van der Waals surface area (Å²) in [5.74, 6) is -0.238. The van der Waals surface area contributed by atoms with Crippen molar-refractivity contribution >= 4 is 22.9 Å². The van der Waals surface area contributed by atoms with Crippen molar-refractivity contribution in [3.05, 3.63) is 88.5 Å². The van der Waals surface area contributed by atoms with Crippen molar-refractivity contribution in [1.29, 1.82) is 0 Å². The second-order valence-corrected chi connectivity index (χ2v) is 6.07. The topological polar surface area (TPSA) is 79.1 Å². The average Bonchev–Trinajstić information content (AvgIpc) is 2.67. The Balaban J connectivity index is 1.80. The summed E-state index contributed by atoms with van der Waals surface area (Å²) < 4.78 is 0. The quantitative estimate of drug-likeness (QED) is 0.527. The molecule has 126 valence electrons. The predicted molar refractivity (Wildman–Crippen MR) is 96.8 cm³/mol. The number of benzene rings is 3. The molecule has 0 saturated heterocycles. The largest absolute Gasteiger partial charge is 0.508 e. The Morgan fingerprint density at radius 3 is 2.19 bits per heavy atom. The molecule has 4 rings (SSSR count). The van der Waals surface area contributed by atoms with E-state index in [2.05, 4.69) is 10.2 Å². The van der Waals surface area contributed by atoms with Crippen LogP contribution in [0.4, 0.5) is 11.4 Å². The van der Waals surface area contributed by atoms with Crippen LogP contribution in [0.2, 0.25) is 0 Å². The van der Waals surface area contributed by atoms with Gasteiger partial charge in [0.15, 0.2) is 11.6 Å². The first-order valence-corrected chi connectivity index (χ1v) is 8.09. The van der Waals surface area contributed by atoms with Crippen molar-refractivity contribution in [3.63, 3.8) is 0 Å². The summed E-state index contributed by atoms with van der Waals surface area (Å²) in [7, 11) is 0. The molecule has 0 fully saturated rings. The maximum absolute atomic E-state index is 12.9. The van der Waals surface area contributed by atoms with Gasteiger partial charge in [-0.15, -0.1) is 5.11 Å². The van der Waals surface area contributed by atoms with Crippen molar-refractivity contribution in [3.8, 4) is 5.75 Å². The van der Waals surface area contributed by atoms with Crippen LogP contribution in [0.5, 0.6) is 5.75 Å². The van der Waals surface area contributed by atoms with E-state index in [1.807, 2.05) is 0 Å². The minimum atomic E-state index is -0.230. The molecule has 5 nitrogen and oxygen atoms in total. The molecule has 3 aromatic rings. The van der Waals surface area contributed by atoms with Crippen molar-refractivity contribution in [2.24, 2.45) is 10.2 Å². The van der Waals surface area contributed by atoms with E-state index in [9.17, 15) is 14.7 Å². The first-order chi connectivity index (χ1) is 12.6. The van der Waals surface area contributed by atoms with Crippen LogP contribution in [0.3, 0.4) is 0 Å². The summed E-state index contributed by atoms with van der Waals surface area (Å²) in [6.45, 7) is 1.76. The highest BCUT2D eigenvalue weighted by Crippen LogP contribution is 2.34. The molecule has 0 spiro atoms. The monoisotopic (exact) mass is 342 g/mol. The standard InChI is InChI=1S/C21H14N2O3/c1-12-11-13(9-10-18(12)24)22-23-17-8-4-7-16-19(17)21(26)15-6-3-2-5-14(15)20(16)25/h2-11,24H,1H3. The number of phenols is 1. The minimum Gasteiger partial charge on any atom is -0.508 e. The van der Waals surface area contributed by atoms with Gasteiger partial charge >= 0.3 is 0 Å². The fourth-order valence-corrected chi connectivity index (χ4v) is 3.02. The number of carbonyl (C=O) groups excluding carboxylic acids is 2. The van der Waals surface area contributed by atoms with Gasteiger partial charge in [-0.1, -0.05) is 36.4 Å². The van der Waals surface area contributed by atoms with Crippen LogP contribution < -0.4 is 0 Å². The second-order valence-electron chi connectivity index (χ2n) is 6.07. The van der Waals surface area contributed by atoms with E-state index in [0.717, 1.165) is 0 Å². The molecule has 0 bridgehead atoms. The molecule has 1 aliphatic carbocycles. The third-order valence-corrected chi connectivity index (χ3v) is 4.38. The second kappa shape index (κ2) is 6.04. The van der Waals surface area contributed by atoms with Gasteiger partial charge in [-0.25, -0.2) is 0 Å². The molecule has 26 heavy (non-hydrogen) atoms. The summed E-state index contributed by atoms with van der Waals surface area (Å²) in [6.07, 6.45) is 0. The summed E-state index contributed by atoms with van der Waals surface area (Å²) in [5, 5.41) is 17.9. The molecule has 0 radical (unpaired) electrons. The zero-order valence-corrected chi connectivity index (χ0v) is 13.9. The number of azo groups is 1. The Hall–Kier alpha value is -3.60. The van der Waals surface area contributed by atoms with Crippen LogP contribution in [-0.2, 0) is 0 Å². The lowest BCUT2D eigenvalue weighted by molar-refractivity contribution is 0.0979. The highest BCUT2D eigenvalue weighted by Gasteiger charge is 2.31. The number of phenolic OH excluding ortho intramolecular Hbond substituents is 1. The van der Waals surface area contributed by atoms with Gasteiger partial charge in [-0.3, -0.25) is 9.59 Å². The van der Waals surface area contributed by atoms with Gasteiger partial charge in [-0.05, 0) is 36.8 Å². The number of ketones is 2. The predicted octanol–water partition coefficient (Wildman–Crippen LogP) is 4.89. The number of aromatic hydroxyl groups is 1. The van der Waals surface area contributed by atoms with Gasteiger partial charge in [-0.2, -0.15) is 5.11 Å². The Morgan fingerprint density at radius 1 is 0.769 bits per heavy atom. The molecule has 1 N–H and O–H groups in total. The molecule has 0 atom stereocenters. The molecule has 5 heteroatoms. The fraction of sp³-hybridized carbons (Fsp3) is 0.0476.